The van der Waals surface area contributed by atoms with Crippen molar-refractivity contribution in [3.8, 4) is 5.88 Å². The number of urea groups is 1. The van der Waals surface area contributed by atoms with Gasteiger partial charge in [0.15, 0.2) is 0 Å². The number of carbonyl (C=O) groups excluding carboxylic acids is 2. The van der Waals surface area contributed by atoms with Crippen LogP contribution in [0, 0.1) is 20.8 Å². The Morgan fingerprint density at radius 3 is 2.36 bits per heavy atom. The van der Waals surface area contributed by atoms with Crippen molar-refractivity contribution in [2.75, 3.05) is 19.4 Å². The maximum atomic E-state index is 11.8. The summed E-state index contributed by atoms with van der Waals surface area (Å²) < 4.78 is 9.87. The summed E-state index contributed by atoms with van der Waals surface area (Å²) in [5, 5.41) is 2.88. The van der Waals surface area contributed by atoms with Gasteiger partial charge in [-0.2, -0.15) is 4.37 Å². The molecule has 0 unspecified atom stereocenters. The summed E-state index contributed by atoms with van der Waals surface area (Å²) >= 11 is 0.962. The van der Waals surface area contributed by atoms with Crippen LogP contribution >= 0.6 is 11.5 Å². The van der Waals surface area contributed by atoms with Crippen LogP contribution in [-0.2, 0) is 6.61 Å². The van der Waals surface area contributed by atoms with E-state index in [2.05, 4.69) is 21.8 Å². The number of benzene rings is 1. The Bertz CT molecular complexity index is 791. The summed E-state index contributed by atoms with van der Waals surface area (Å²) in [5.41, 5.74) is 9.96. The zero-order valence-electron chi connectivity index (χ0n) is 15.0. The minimum atomic E-state index is -0.699. The summed E-state index contributed by atoms with van der Waals surface area (Å²) in [6.07, 6.45) is 0. The summed E-state index contributed by atoms with van der Waals surface area (Å²) in [7, 11) is 3.20. The number of amides is 3. The molecule has 0 saturated carbocycles. The van der Waals surface area contributed by atoms with Crippen molar-refractivity contribution >= 4 is 28.5 Å². The standard InChI is InChI=1S/C17H22N4O3S/c1-9-6-10(2)12(11(3)7-9)8-24-15-13(14(18)22)16(25-20-15)19-17(23)21(4)5/h6-7H,8H2,1-5H3,(H2,18,22)(H,19,23). The fourth-order valence-electron chi connectivity index (χ4n) is 2.46. The molecule has 3 amide bonds. The van der Waals surface area contributed by atoms with Crippen LogP contribution in [0.2, 0.25) is 0 Å². The molecule has 134 valence electrons. The molecular formula is C17H22N4O3S. The molecule has 1 aromatic heterocycles. The Hall–Kier alpha value is -2.61. The second-order valence-electron chi connectivity index (χ2n) is 6.05. The molecule has 0 spiro atoms. The number of rotatable bonds is 5. The molecule has 0 atom stereocenters. The normalized spacial score (nSPS) is 10.4. The fraction of sp³-hybridized carbons (Fsp3) is 0.353. The molecule has 0 aliphatic heterocycles. The van der Waals surface area contributed by atoms with Gasteiger partial charge in [0.2, 0.25) is 5.88 Å². The van der Waals surface area contributed by atoms with Gasteiger partial charge in [0.25, 0.3) is 5.91 Å². The van der Waals surface area contributed by atoms with Gasteiger partial charge in [-0.25, -0.2) is 4.79 Å². The van der Waals surface area contributed by atoms with E-state index in [0.29, 0.717) is 0 Å². The third kappa shape index (κ3) is 4.27. The summed E-state index contributed by atoms with van der Waals surface area (Å²) in [5.74, 6) is -0.568. The van der Waals surface area contributed by atoms with Gasteiger partial charge in [0, 0.05) is 14.1 Å². The van der Waals surface area contributed by atoms with Gasteiger partial charge in [-0.15, -0.1) is 0 Å². The Balaban J connectivity index is 2.25. The molecule has 7 nitrogen and oxygen atoms in total. The largest absolute Gasteiger partial charge is 0.472 e. The van der Waals surface area contributed by atoms with Crippen LogP contribution in [0.5, 0.6) is 5.88 Å². The molecule has 1 heterocycles. The first-order valence-corrected chi connectivity index (χ1v) is 8.45. The number of anilines is 1. The van der Waals surface area contributed by atoms with Crippen LogP contribution < -0.4 is 15.8 Å². The van der Waals surface area contributed by atoms with Crippen molar-refractivity contribution in [1.29, 1.82) is 0 Å². The summed E-state index contributed by atoms with van der Waals surface area (Å²) in [6, 6.07) is 3.78. The number of nitrogens with two attached hydrogens (primary N) is 1. The number of primary amides is 1. The highest BCUT2D eigenvalue weighted by molar-refractivity contribution is 7.11. The molecule has 8 heteroatoms. The molecule has 25 heavy (non-hydrogen) atoms. The highest BCUT2D eigenvalue weighted by Crippen LogP contribution is 2.31. The molecule has 0 saturated heterocycles. The minimum Gasteiger partial charge on any atom is -0.472 e. The maximum Gasteiger partial charge on any atom is 0.321 e. The highest BCUT2D eigenvalue weighted by atomic mass is 32.1. The predicted molar refractivity (Wildman–Crippen MR) is 98.3 cm³/mol. The van der Waals surface area contributed by atoms with Gasteiger partial charge in [-0.05, 0) is 49.0 Å². The lowest BCUT2D eigenvalue weighted by Crippen LogP contribution is -2.28. The van der Waals surface area contributed by atoms with Crippen LogP contribution in [0.25, 0.3) is 0 Å². The lowest BCUT2D eigenvalue weighted by Gasteiger charge is -2.13. The average Bonchev–Trinajstić information content (AvgIpc) is 2.88. The molecule has 1 aromatic carbocycles. The SMILES string of the molecule is Cc1cc(C)c(COc2nsc(NC(=O)N(C)C)c2C(N)=O)c(C)c1. The number of nitrogens with one attached hydrogen (secondary N) is 1. The Morgan fingerprint density at radius 1 is 1.24 bits per heavy atom. The first kappa shape index (κ1) is 18.7. The van der Waals surface area contributed by atoms with Crippen LogP contribution in [0.15, 0.2) is 12.1 Å². The summed E-state index contributed by atoms with van der Waals surface area (Å²) in [4.78, 5) is 24.9. The van der Waals surface area contributed by atoms with Crippen molar-refractivity contribution in [2.45, 2.75) is 27.4 Å². The molecular weight excluding hydrogens is 340 g/mol. The second kappa shape index (κ2) is 7.52. The zero-order chi connectivity index (χ0) is 18.7. The van der Waals surface area contributed by atoms with Crippen LogP contribution in [-0.4, -0.2) is 35.3 Å². The molecule has 3 N–H and O–H groups in total. The maximum absolute atomic E-state index is 11.8. The number of hydrogen-bond acceptors (Lipinski definition) is 5. The van der Waals surface area contributed by atoms with E-state index in [-0.39, 0.29) is 29.1 Å². The van der Waals surface area contributed by atoms with E-state index in [1.54, 1.807) is 14.1 Å². The Morgan fingerprint density at radius 2 is 1.84 bits per heavy atom. The first-order valence-electron chi connectivity index (χ1n) is 7.68. The zero-order valence-corrected chi connectivity index (χ0v) is 15.8. The molecule has 0 aliphatic rings. The second-order valence-corrected chi connectivity index (χ2v) is 6.82. The van der Waals surface area contributed by atoms with Crippen molar-refractivity contribution < 1.29 is 14.3 Å². The third-order valence-electron chi connectivity index (χ3n) is 3.73. The molecule has 2 aromatic rings. The van der Waals surface area contributed by atoms with Gasteiger partial charge >= 0.3 is 6.03 Å². The van der Waals surface area contributed by atoms with E-state index in [4.69, 9.17) is 10.5 Å². The van der Waals surface area contributed by atoms with E-state index in [1.807, 2.05) is 20.8 Å². The fourth-order valence-corrected chi connectivity index (χ4v) is 3.19. The molecule has 0 bridgehead atoms. The number of aryl methyl sites for hydroxylation is 3. The van der Waals surface area contributed by atoms with Crippen molar-refractivity contribution in [3.05, 3.63) is 39.9 Å². The average molecular weight is 362 g/mol. The first-order chi connectivity index (χ1) is 11.7. The van der Waals surface area contributed by atoms with Gasteiger partial charge in [-0.3, -0.25) is 10.1 Å². The number of ether oxygens (including phenoxy) is 1. The predicted octanol–water partition coefficient (Wildman–Crippen LogP) is 2.84. The van der Waals surface area contributed by atoms with Gasteiger partial charge in [-0.1, -0.05) is 17.7 Å². The molecule has 2 rings (SSSR count). The van der Waals surface area contributed by atoms with Gasteiger partial charge in [0.05, 0.1) is 0 Å². The lowest BCUT2D eigenvalue weighted by molar-refractivity contribution is 0.0996. The van der Waals surface area contributed by atoms with E-state index in [9.17, 15) is 9.59 Å². The lowest BCUT2D eigenvalue weighted by atomic mass is 10.0. The monoisotopic (exact) mass is 362 g/mol. The molecule has 0 fully saturated rings. The number of nitrogens with zero attached hydrogens (tertiary/aromatic N) is 2. The quantitative estimate of drug-likeness (QED) is 0.854. The van der Waals surface area contributed by atoms with Crippen LogP contribution in [0.1, 0.15) is 32.6 Å². The van der Waals surface area contributed by atoms with Crippen LogP contribution in [0.3, 0.4) is 0 Å². The Labute approximate surface area is 150 Å². The van der Waals surface area contributed by atoms with E-state index in [0.717, 1.165) is 28.2 Å². The number of hydrogen-bond donors (Lipinski definition) is 2. The number of carbonyl (C=O) groups is 2. The van der Waals surface area contributed by atoms with E-state index < -0.39 is 5.91 Å². The van der Waals surface area contributed by atoms with Gasteiger partial charge in [0.1, 0.15) is 17.2 Å². The van der Waals surface area contributed by atoms with Crippen LogP contribution in [0.4, 0.5) is 9.80 Å². The summed E-state index contributed by atoms with van der Waals surface area (Å²) in [6.45, 7) is 6.33. The number of aromatic nitrogens is 1. The van der Waals surface area contributed by atoms with Gasteiger partial charge < -0.3 is 15.4 Å². The van der Waals surface area contributed by atoms with E-state index in [1.165, 1.54) is 10.5 Å². The van der Waals surface area contributed by atoms with E-state index >= 15 is 0 Å². The topological polar surface area (TPSA) is 97.6 Å². The molecule has 0 aliphatic carbocycles. The molecule has 0 radical (unpaired) electrons. The van der Waals surface area contributed by atoms with Crippen molar-refractivity contribution in [1.82, 2.24) is 9.27 Å². The Kier molecular flexibility index (Phi) is 5.63. The van der Waals surface area contributed by atoms with Crippen molar-refractivity contribution in [3.63, 3.8) is 0 Å². The smallest absolute Gasteiger partial charge is 0.321 e. The minimum absolute atomic E-state index is 0.0858. The third-order valence-corrected chi connectivity index (χ3v) is 4.47. The highest BCUT2D eigenvalue weighted by Gasteiger charge is 2.22. The van der Waals surface area contributed by atoms with Crippen molar-refractivity contribution in [2.24, 2.45) is 5.73 Å².